The number of likely N-dealkylation sites (N-methyl/N-ethyl adjacent to an activating group) is 1. The SMILES string of the molecule is CCCCCCC(CN)N(C)CCc1ccncc1. The maximum atomic E-state index is 5.91. The molecule has 1 aromatic rings. The summed E-state index contributed by atoms with van der Waals surface area (Å²) in [6.07, 6.45) is 11.3. The summed E-state index contributed by atoms with van der Waals surface area (Å²) in [6, 6.07) is 4.71. The van der Waals surface area contributed by atoms with Gasteiger partial charge in [0.15, 0.2) is 0 Å². The summed E-state index contributed by atoms with van der Waals surface area (Å²) < 4.78 is 0. The van der Waals surface area contributed by atoms with Gasteiger partial charge in [-0.15, -0.1) is 0 Å². The summed E-state index contributed by atoms with van der Waals surface area (Å²) in [5.41, 5.74) is 7.26. The van der Waals surface area contributed by atoms with Gasteiger partial charge in [-0.2, -0.15) is 0 Å². The van der Waals surface area contributed by atoms with E-state index in [1.165, 1.54) is 37.7 Å². The first kappa shape index (κ1) is 16.1. The van der Waals surface area contributed by atoms with E-state index in [-0.39, 0.29) is 0 Å². The quantitative estimate of drug-likeness (QED) is 0.660. The van der Waals surface area contributed by atoms with E-state index in [0.29, 0.717) is 6.04 Å². The summed E-state index contributed by atoms with van der Waals surface area (Å²) >= 11 is 0. The highest BCUT2D eigenvalue weighted by Crippen LogP contribution is 2.10. The average molecular weight is 263 g/mol. The van der Waals surface area contributed by atoms with Crippen LogP contribution in [0.3, 0.4) is 0 Å². The molecule has 1 atom stereocenters. The van der Waals surface area contributed by atoms with Gasteiger partial charge < -0.3 is 10.6 Å². The molecule has 0 spiro atoms. The first-order chi connectivity index (χ1) is 9.27. The van der Waals surface area contributed by atoms with Crippen molar-refractivity contribution >= 4 is 0 Å². The average Bonchev–Trinajstić information content (AvgIpc) is 2.46. The normalized spacial score (nSPS) is 12.8. The lowest BCUT2D eigenvalue weighted by molar-refractivity contribution is 0.233. The first-order valence-electron chi connectivity index (χ1n) is 7.57. The zero-order chi connectivity index (χ0) is 13.9. The van der Waals surface area contributed by atoms with Crippen molar-refractivity contribution in [3.63, 3.8) is 0 Å². The molecule has 1 rings (SSSR count). The monoisotopic (exact) mass is 263 g/mol. The molecule has 3 nitrogen and oxygen atoms in total. The number of nitrogens with two attached hydrogens (primary N) is 1. The summed E-state index contributed by atoms with van der Waals surface area (Å²) in [5, 5.41) is 0. The van der Waals surface area contributed by atoms with E-state index >= 15 is 0 Å². The topological polar surface area (TPSA) is 42.1 Å². The first-order valence-corrected chi connectivity index (χ1v) is 7.57. The number of rotatable bonds is 10. The molecule has 0 saturated carbocycles. The van der Waals surface area contributed by atoms with Gasteiger partial charge in [0, 0.05) is 31.5 Å². The lowest BCUT2D eigenvalue weighted by Crippen LogP contribution is -2.39. The molecule has 0 aromatic carbocycles. The number of pyridine rings is 1. The minimum absolute atomic E-state index is 0.527. The Bertz CT molecular complexity index is 313. The maximum absolute atomic E-state index is 5.91. The highest BCUT2D eigenvalue weighted by Gasteiger charge is 2.12. The van der Waals surface area contributed by atoms with E-state index in [2.05, 4.69) is 36.0 Å². The second-order valence-electron chi connectivity index (χ2n) is 5.32. The molecule has 1 unspecified atom stereocenters. The molecule has 0 radical (unpaired) electrons. The summed E-state index contributed by atoms with van der Waals surface area (Å²) in [5.74, 6) is 0. The van der Waals surface area contributed by atoms with Crippen molar-refractivity contribution in [2.45, 2.75) is 51.5 Å². The number of unbranched alkanes of at least 4 members (excludes halogenated alkanes) is 3. The van der Waals surface area contributed by atoms with Crippen LogP contribution >= 0.6 is 0 Å². The highest BCUT2D eigenvalue weighted by molar-refractivity contribution is 5.09. The van der Waals surface area contributed by atoms with E-state index in [4.69, 9.17) is 5.73 Å². The molecule has 1 heterocycles. The van der Waals surface area contributed by atoms with Crippen molar-refractivity contribution in [3.05, 3.63) is 30.1 Å². The van der Waals surface area contributed by atoms with Gasteiger partial charge in [0.25, 0.3) is 0 Å². The Balaban J connectivity index is 2.26. The van der Waals surface area contributed by atoms with Gasteiger partial charge in [0.05, 0.1) is 0 Å². The third kappa shape index (κ3) is 6.69. The minimum Gasteiger partial charge on any atom is -0.329 e. The molecule has 0 aliphatic rings. The van der Waals surface area contributed by atoms with Crippen molar-refractivity contribution < 1.29 is 0 Å². The predicted octanol–water partition coefficient (Wildman–Crippen LogP) is 2.85. The molecule has 3 heteroatoms. The zero-order valence-electron chi connectivity index (χ0n) is 12.5. The van der Waals surface area contributed by atoms with Crippen LogP contribution in [-0.2, 0) is 6.42 Å². The molecule has 2 N–H and O–H groups in total. The molecule has 108 valence electrons. The smallest absolute Gasteiger partial charge is 0.0270 e. The predicted molar refractivity (Wildman–Crippen MR) is 82.2 cm³/mol. The summed E-state index contributed by atoms with van der Waals surface area (Å²) in [6.45, 7) is 4.08. The number of hydrogen-bond acceptors (Lipinski definition) is 3. The van der Waals surface area contributed by atoms with E-state index in [1.807, 2.05) is 12.4 Å². The molecule has 19 heavy (non-hydrogen) atoms. The van der Waals surface area contributed by atoms with Crippen LogP contribution in [0.25, 0.3) is 0 Å². The number of hydrogen-bond donors (Lipinski definition) is 1. The van der Waals surface area contributed by atoms with Gasteiger partial charge in [0.2, 0.25) is 0 Å². The van der Waals surface area contributed by atoms with Gasteiger partial charge in [-0.05, 0) is 37.6 Å². The van der Waals surface area contributed by atoms with Gasteiger partial charge in [-0.25, -0.2) is 0 Å². The van der Waals surface area contributed by atoms with Gasteiger partial charge >= 0.3 is 0 Å². The van der Waals surface area contributed by atoms with E-state index in [9.17, 15) is 0 Å². The molecule has 0 fully saturated rings. The molecular formula is C16H29N3. The Hall–Kier alpha value is -0.930. The van der Waals surface area contributed by atoms with Gasteiger partial charge in [-0.3, -0.25) is 4.98 Å². The summed E-state index contributed by atoms with van der Waals surface area (Å²) in [4.78, 5) is 6.46. The molecule has 0 amide bonds. The highest BCUT2D eigenvalue weighted by atomic mass is 15.1. The van der Waals surface area contributed by atoms with Crippen molar-refractivity contribution in [3.8, 4) is 0 Å². The fourth-order valence-electron chi connectivity index (χ4n) is 2.36. The third-order valence-electron chi connectivity index (χ3n) is 3.79. The largest absolute Gasteiger partial charge is 0.329 e. The fraction of sp³-hybridized carbons (Fsp3) is 0.688. The molecule has 0 bridgehead atoms. The van der Waals surface area contributed by atoms with Gasteiger partial charge in [0.1, 0.15) is 0 Å². The van der Waals surface area contributed by atoms with Crippen LogP contribution < -0.4 is 5.73 Å². The molecule has 0 saturated heterocycles. The van der Waals surface area contributed by atoms with Gasteiger partial charge in [-0.1, -0.05) is 32.6 Å². The Morgan fingerprint density at radius 1 is 1.21 bits per heavy atom. The molecular weight excluding hydrogens is 234 g/mol. The number of nitrogens with zero attached hydrogens (tertiary/aromatic N) is 2. The second kappa shape index (κ2) is 9.93. The van der Waals surface area contributed by atoms with Crippen molar-refractivity contribution in [1.29, 1.82) is 0 Å². The summed E-state index contributed by atoms with van der Waals surface area (Å²) in [7, 11) is 2.19. The van der Waals surface area contributed by atoms with E-state index in [0.717, 1.165) is 19.5 Å². The third-order valence-corrected chi connectivity index (χ3v) is 3.79. The van der Waals surface area contributed by atoms with E-state index in [1.54, 1.807) is 0 Å². The lowest BCUT2D eigenvalue weighted by Gasteiger charge is -2.27. The lowest BCUT2D eigenvalue weighted by atomic mass is 10.1. The Kier molecular flexibility index (Phi) is 8.43. The second-order valence-corrected chi connectivity index (χ2v) is 5.32. The molecule has 0 aliphatic carbocycles. The standard InChI is InChI=1S/C16H29N3/c1-3-4-5-6-7-16(14-17)19(2)13-10-15-8-11-18-12-9-15/h8-9,11-12,16H,3-7,10,13-14,17H2,1-2H3. The van der Waals surface area contributed by atoms with Crippen LogP contribution in [0.4, 0.5) is 0 Å². The molecule has 0 aliphatic heterocycles. The van der Waals surface area contributed by atoms with Crippen molar-refractivity contribution in [2.75, 3.05) is 20.1 Å². The zero-order valence-corrected chi connectivity index (χ0v) is 12.5. The Labute approximate surface area is 118 Å². The number of aromatic nitrogens is 1. The van der Waals surface area contributed by atoms with Crippen LogP contribution in [0.2, 0.25) is 0 Å². The Morgan fingerprint density at radius 2 is 1.95 bits per heavy atom. The van der Waals surface area contributed by atoms with Crippen molar-refractivity contribution in [1.82, 2.24) is 9.88 Å². The van der Waals surface area contributed by atoms with Crippen LogP contribution in [0.1, 0.15) is 44.6 Å². The van der Waals surface area contributed by atoms with Crippen molar-refractivity contribution in [2.24, 2.45) is 5.73 Å². The van der Waals surface area contributed by atoms with Crippen LogP contribution in [0.15, 0.2) is 24.5 Å². The van der Waals surface area contributed by atoms with Crippen LogP contribution in [-0.4, -0.2) is 36.1 Å². The van der Waals surface area contributed by atoms with Crippen LogP contribution in [0, 0.1) is 0 Å². The fourth-order valence-corrected chi connectivity index (χ4v) is 2.36. The maximum Gasteiger partial charge on any atom is 0.0270 e. The Morgan fingerprint density at radius 3 is 2.58 bits per heavy atom. The van der Waals surface area contributed by atoms with Crippen LogP contribution in [0.5, 0.6) is 0 Å². The van der Waals surface area contributed by atoms with E-state index < -0.39 is 0 Å². The minimum atomic E-state index is 0.527. The molecule has 1 aromatic heterocycles.